The highest BCUT2D eigenvalue weighted by atomic mass is 16.5. The second kappa shape index (κ2) is 7.89. The van der Waals surface area contributed by atoms with Gasteiger partial charge >= 0.3 is 5.97 Å². The van der Waals surface area contributed by atoms with Crippen molar-refractivity contribution >= 4 is 22.7 Å². The number of phenolic OH excluding ortho intramolecular Hbond substituents is 1. The number of esters is 1. The van der Waals surface area contributed by atoms with Crippen LogP contribution >= 0.6 is 0 Å². The minimum absolute atomic E-state index is 0.00419. The fourth-order valence-electron chi connectivity index (χ4n) is 3.73. The van der Waals surface area contributed by atoms with E-state index in [1.807, 2.05) is 31.2 Å². The van der Waals surface area contributed by atoms with E-state index < -0.39 is 0 Å². The Balaban J connectivity index is 1.50. The lowest BCUT2D eigenvalue weighted by molar-refractivity contribution is -0.148. The van der Waals surface area contributed by atoms with E-state index in [0.717, 1.165) is 53.8 Å². The summed E-state index contributed by atoms with van der Waals surface area (Å²) >= 11 is 0. The number of nitrogens with zero attached hydrogens (tertiary/aromatic N) is 2. The van der Waals surface area contributed by atoms with Gasteiger partial charge in [0.05, 0.1) is 18.0 Å². The normalized spacial score (nSPS) is 15.0. The number of pyridine rings is 1. The van der Waals surface area contributed by atoms with E-state index in [2.05, 4.69) is 23.1 Å². The van der Waals surface area contributed by atoms with Gasteiger partial charge in [0.25, 0.3) is 0 Å². The van der Waals surface area contributed by atoms with Crippen LogP contribution in [-0.2, 0) is 9.53 Å². The van der Waals surface area contributed by atoms with Crippen molar-refractivity contribution in [3.05, 3.63) is 54.6 Å². The zero-order valence-electron chi connectivity index (χ0n) is 16.0. The van der Waals surface area contributed by atoms with Crippen molar-refractivity contribution in [2.75, 3.05) is 24.6 Å². The highest BCUT2D eigenvalue weighted by Crippen LogP contribution is 2.28. The van der Waals surface area contributed by atoms with Crippen molar-refractivity contribution < 1.29 is 14.6 Å². The third-order valence-electron chi connectivity index (χ3n) is 5.31. The van der Waals surface area contributed by atoms with Gasteiger partial charge in [-0.3, -0.25) is 4.79 Å². The maximum absolute atomic E-state index is 11.9. The molecule has 0 atom stereocenters. The van der Waals surface area contributed by atoms with Gasteiger partial charge in [-0.1, -0.05) is 18.2 Å². The van der Waals surface area contributed by atoms with Gasteiger partial charge in [-0.2, -0.15) is 0 Å². The molecule has 0 saturated carbocycles. The van der Waals surface area contributed by atoms with Crippen molar-refractivity contribution in [3.8, 4) is 16.9 Å². The Morgan fingerprint density at radius 3 is 2.50 bits per heavy atom. The molecule has 0 unspecified atom stereocenters. The Bertz CT molecular complexity index is 977. The first kappa shape index (κ1) is 18.3. The number of phenols is 1. The molecule has 0 spiro atoms. The Morgan fingerprint density at radius 2 is 1.79 bits per heavy atom. The molecule has 0 aliphatic carbocycles. The van der Waals surface area contributed by atoms with Gasteiger partial charge < -0.3 is 14.7 Å². The average Bonchev–Trinajstić information content (AvgIpc) is 2.74. The fourth-order valence-corrected chi connectivity index (χ4v) is 3.73. The van der Waals surface area contributed by atoms with Crippen LogP contribution in [0.15, 0.2) is 54.6 Å². The molecule has 1 saturated heterocycles. The van der Waals surface area contributed by atoms with Crippen LogP contribution in [0.3, 0.4) is 0 Å². The Morgan fingerprint density at radius 1 is 1.07 bits per heavy atom. The number of carbonyl (C=O) groups excluding carboxylic acids is 1. The summed E-state index contributed by atoms with van der Waals surface area (Å²) in [6.45, 7) is 3.91. The van der Waals surface area contributed by atoms with Crippen LogP contribution in [0.5, 0.6) is 5.75 Å². The number of piperidine rings is 1. The largest absolute Gasteiger partial charge is 0.508 e. The lowest BCUT2D eigenvalue weighted by atomic mass is 9.97. The van der Waals surface area contributed by atoms with Crippen LogP contribution in [-0.4, -0.2) is 35.8 Å². The number of ether oxygens (including phenoxy) is 1. The number of rotatable bonds is 4. The number of benzene rings is 2. The van der Waals surface area contributed by atoms with Crippen molar-refractivity contribution in [2.45, 2.75) is 19.8 Å². The van der Waals surface area contributed by atoms with Gasteiger partial charge in [0.1, 0.15) is 11.6 Å². The predicted molar refractivity (Wildman–Crippen MR) is 110 cm³/mol. The lowest BCUT2D eigenvalue weighted by Gasteiger charge is -2.31. The van der Waals surface area contributed by atoms with Gasteiger partial charge in [-0.15, -0.1) is 0 Å². The summed E-state index contributed by atoms with van der Waals surface area (Å²) in [5.74, 6) is 1.15. The van der Waals surface area contributed by atoms with E-state index in [-0.39, 0.29) is 17.6 Å². The molecule has 28 heavy (non-hydrogen) atoms. The fraction of sp³-hybridized carbons (Fsp3) is 0.304. The molecular formula is C23H24N2O3. The number of fused-ring (bicyclic) bond motifs is 1. The van der Waals surface area contributed by atoms with E-state index >= 15 is 0 Å². The summed E-state index contributed by atoms with van der Waals surface area (Å²) < 4.78 is 5.15. The van der Waals surface area contributed by atoms with E-state index in [0.29, 0.717) is 6.61 Å². The molecule has 1 aliphatic rings. The average molecular weight is 376 g/mol. The maximum Gasteiger partial charge on any atom is 0.309 e. The summed E-state index contributed by atoms with van der Waals surface area (Å²) in [4.78, 5) is 19.0. The molecule has 4 rings (SSSR count). The quantitative estimate of drug-likeness (QED) is 0.685. The second-order valence-electron chi connectivity index (χ2n) is 7.14. The minimum atomic E-state index is -0.0737. The van der Waals surface area contributed by atoms with Gasteiger partial charge in [0.2, 0.25) is 0 Å². The van der Waals surface area contributed by atoms with Crippen LogP contribution < -0.4 is 4.90 Å². The number of carbonyl (C=O) groups is 1. The zero-order chi connectivity index (χ0) is 19.5. The summed E-state index contributed by atoms with van der Waals surface area (Å²) in [6, 6.07) is 17.6. The number of aromatic hydroxyl groups is 1. The first-order valence-electron chi connectivity index (χ1n) is 9.76. The summed E-state index contributed by atoms with van der Waals surface area (Å²) in [5.41, 5.74) is 3.11. The minimum Gasteiger partial charge on any atom is -0.508 e. The molecule has 5 heteroatoms. The van der Waals surface area contributed by atoms with Crippen molar-refractivity contribution in [2.24, 2.45) is 5.92 Å². The van der Waals surface area contributed by atoms with Crippen LogP contribution in [0.1, 0.15) is 19.8 Å². The third-order valence-corrected chi connectivity index (χ3v) is 5.31. The zero-order valence-corrected chi connectivity index (χ0v) is 16.0. The van der Waals surface area contributed by atoms with Crippen LogP contribution in [0, 0.1) is 5.92 Å². The molecule has 2 aromatic carbocycles. The molecule has 1 aromatic heterocycles. The molecule has 0 amide bonds. The van der Waals surface area contributed by atoms with Crippen LogP contribution in [0.4, 0.5) is 5.82 Å². The maximum atomic E-state index is 11.9. The van der Waals surface area contributed by atoms with Crippen LogP contribution in [0.2, 0.25) is 0 Å². The van der Waals surface area contributed by atoms with Gasteiger partial charge in [0.15, 0.2) is 0 Å². The number of hydrogen-bond acceptors (Lipinski definition) is 5. The Kier molecular flexibility index (Phi) is 5.15. The summed E-state index contributed by atoms with van der Waals surface area (Å²) in [7, 11) is 0. The van der Waals surface area contributed by atoms with Crippen molar-refractivity contribution in [1.29, 1.82) is 0 Å². The molecule has 0 bridgehead atoms. The summed E-state index contributed by atoms with van der Waals surface area (Å²) in [5, 5.41) is 10.5. The molecule has 2 heterocycles. The van der Waals surface area contributed by atoms with Crippen LogP contribution in [0.25, 0.3) is 22.0 Å². The topological polar surface area (TPSA) is 62.7 Å². The molecule has 1 fully saturated rings. The van der Waals surface area contributed by atoms with E-state index in [1.54, 1.807) is 12.1 Å². The van der Waals surface area contributed by atoms with Gasteiger partial charge in [-0.05, 0) is 67.3 Å². The predicted octanol–water partition coefficient (Wildman–Crippen LogP) is 4.39. The van der Waals surface area contributed by atoms with Crippen molar-refractivity contribution in [1.82, 2.24) is 4.98 Å². The Labute approximate surface area is 164 Å². The first-order valence-corrected chi connectivity index (χ1v) is 9.76. The number of aromatic nitrogens is 1. The second-order valence-corrected chi connectivity index (χ2v) is 7.14. The SMILES string of the molecule is CCOC(=O)C1CCN(c2ccc3cc(-c4ccc(O)cc4)ccc3n2)CC1. The third kappa shape index (κ3) is 3.79. The number of anilines is 1. The molecule has 144 valence electrons. The molecular weight excluding hydrogens is 352 g/mol. The highest BCUT2D eigenvalue weighted by Gasteiger charge is 2.26. The molecule has 1 aliphatic heterocycles. The molecule has 0 radical (unpaired) electrons. The Hall–Kier alpha value is -3.08. The molecule has 1 N–H and O–H groups in total. The van der Waals surface area contributed by atoms with Gasteiger partial charge in [0, 0.05) is 18.5 Å². The smallest absolute Gasteiger partial charge is 0.309 e. The lowest BCUT2D eigenvalue weighted by Crippen LogP contribution is -2.37. The standard InChI is InChI=1S/C23H24N2O3/c1-2-28-23(27)17-11-13-25(14-12-17)22-10-6-19-15-18(5-9-21(19)24-22)16-3-7-20(26)8-4-16/h3-10,15,17,26H,2,11-14H2,1H3. The van der Waals surface area contributed by atoms with E-state index in [4.69, 9.17) is 9.72 Å². The highest BCUT2D eigenvalue weighted by molar-refractivity contribution is 5.85. The number of hydrogen-bond donors (Lipinski definition) is 1. The van der Waals surface area contributed by atoms with Crippen molar-refractivity contribution in [3.63, 3.8) is 0 Å². The molecule has 3 aromatic rings. The van der Waals surface area contributed by atoms with E-state index in [9.17, 15) is 9.90 Å². The first-order chi connectivity index (χ1) is 13.6. The van der Waals surface area contributed by atoms with E-state index in [1.165, 1.54) is 0 Å². The monoisotopic (exact) mass is 376 g/mol. The molecule has 5 nitrogen and oxygen atoms in total. The summed E-state index contributed by atoms with van der Waals surface area (Å²) in [6.07, 6.45) is 1.61. The van der Waals surface area contributed by atoms with Gasteiger partial charge in [-0.25, -0.2) is 4.98 Å².